The van der Waals surface area contributed by atoms with Gasteiger partial charge in [0.2, 0.25) is 0 Å². The van der Waals surface area contributed by atoms with Crippen LogP contribution in [0.3, 0.4) is 0 Å². The summed E-state index contributed by atoms with van der Waals surface area (Å²) in [7, 11) is 4.00. The molecule has 1 aromatic rings. The highest BCUT2D eigenvalue weighted by atomic mass is 32.9. The Bertz CT molecular complexity index is 382. The van der Waals surface area contributed by atoms with Gasteiger partial charge in [0.25, 0.3) is 0 Å². The number of hydrogen-bond donors (Lipinski definition) is 0. The normalized spacial score (nSPS) is 31.0. The summed E-state index contributed by atoms with van der Waals surface area (Å²) in [5, 5.41) is 0.402. The van der Waals surface area contributed by atoms with Crippen LogP contribution in [0.1, 0.15) is 10.8 Å². The fourth-order valence-electron chi connectivity index (χ4n) is 1.42. The smallest absolute Gasteiger partial charge is 0.188 e. The molecule has 1 aromatic carbocycles. The molecule has 0 saturated carbocycles. The van der Waals surface area contributed by atoms with Gasteiger partial charge >= 0.3 is 0 Å². The fourth-order valence-corrected chi connectivity index (χ4v) is 6.63. The summed E-state index contributed by atoms with van der Waals surface area (Å²) in [5.41, 5.74) is -0.464. The van der Waals surface area contributed by atoms with Crippen LogP contribution in [-0.4, -0.2) is 25.4 Å². The third kappa shape index (κ3) is 2.45. The van der Waals surface area contributed by atoms with E-state index in [4.69, 9.17) is 16.3 Å². The van der Waals surface area contributed by atoms with E-state index in [-0.39, 0.29) is 0 Å². The van der Waals surface area contributed by atoms with Gasteiger partial charge in [0.05, 0.1) is 11.9 Å². The van der Waals surface area contributed by atoms with Crippen molar-refractivity contribution >= 4 is 28.8 Å². The van der Waals surface area contributed by atoms with Crippen molar-refractivity contribution in [3.63, 3.8) is 0 Å². The monoisotopic (exact) mass is 259 g/mol. The number of nitrogens with zero attached hydrogens (tertiary/aromatic N) is 1. The van der Waals surface area contributed by atoms with E-state index in [9.17, 15) is 0 Å². The van der Waals surface area contributed by atoms with Gasteiger partial charge in [0.15, 0.2) is 5.62 Å². The molecule has 0 spiro atoms. The molecule has 0 aromatic heterocycles. The molecule has 15 heavy (non-hydrogen) atoms. The van der Waals surface area contributed by atoms with Crippen molar-refractivity contribution in [3.8, 4) is 0 Å². The lowest BCUT2D eigenvalue weighted by Crippen LogP contribution is -2.04. The highest BCUT2D eigenvalue weighted by molar-refractivity contribution is 8.69. The third-order valence-electron chi connectivity index (χ3n) is 2.31. The van der Waals surface area contributed by atoms with Crippen LogP contribution in [0.15, 0.2) is 30.3 Å². The molecule has 2 atom stereocenters. The summed E-state index contributed by atoms with van der Waals surface area (Å²) < 4.78 is 7.84. The molecule has 0 unspecified atom stereocenters. The first kappa shape index (κ1) is 11.6. The second kappa shape index (κ2) is 4.56. The molecule has 0 amide bonds. The highest BCUT2D eigenvalue weighted by Crippen LogP contribution is 2.71. The van der Waals surface area contributed by atoms with E-state index in [1.807, 2.05) is 20.2 Å². The van der Waals surface area contributed by atoms with Gasteiger partial charge < -0.3 is 4.52 Å². The Labute approximate surface area is 99.9 Å². The molecule has 82 valence electrons. The van der Waals surface area contributed by atoms with E-state index in [1.165, 1.54) is 5.56 Å². The Kier molecular flexibility index (Phi) is 3.53. The van der Waals surface area contributed by atoms with Gasteiger partial charge in [-0.2, -0.15) is 0 Å². The quantitative estimate of drug-likeness (QED) is 0.755. The van der Waals surface area contributed by atoms with E-state index < -0.39 is 5.62 Å². The fraction of sp³-hybridized carbons (Fsp3) is 0.400. The molecule has 1 fully saturated rings. The Hall–Kier alpha value is 0.140. The Morgan fingerprint density at radius 3 is 2.60 bits per heavy atom. The average molecular weight is 259 g/mol. The second-order valence-corrected chi connectivity index (χ2v) is 10.7. The molecule has 1 aliphatic heterocycles. The predicted molar refractivity (Wildman–Crippen MR) is 70.7 cm³/mol. The van der Waals surface area contributed by atoms with Crippen molar-refractivity contribution in [2.45, 2.75) is 5.25 Å². The minimum Gasteiger partial charge on any atom is -0.329 e. The van der Waals surface area contributed by atoms with Gasteiger partial charge in [-0.25, -0.2) is 0 Å². The van der Waals surface area contributed by atoms with Gasteiger partial charge in [-0.05, 0) is 31.5 Å². The van der Waals surface area contributed by atoms with E-state index in [1.54, 1.807) is 11.4 Å². The van der Waals surface area contributed by atoms with E-state index >= 15 is 0 Å². The minimum atomic E-state index is -1.78. The van der Waals surface area contributed by atoms with Gasteiger partial charge in [-0.15, -0.1) is 0 Å². The van der Waals surface area contributed by atoms with Gasteiger partial charge in [0, 0.05) is 0 Å². The van der Waals surface area contributed by atoms with Gasteiger partial charge in [-0.3, -0.25) is 4.67 Å². The van der Waals surface area contributed by atoms with E-state index in [2.05, 4.69) is 28.9 Å². The molecule has 0 radical (unpaired) electrons. The van der Waals surface area contributed by atoms with Crippen LogP contribution >= 0.6 is 17.0 Å². The number of rotatable bonds is 2. The third-order valence-corrected chi connectivity index (χ3v) is 9.62. The SMILES string of the molecule is CN(C)[P@@]1(=S)OC[C@H](c2ccccc2)S1. The van der Waals surface area contributed by atoms with Crippen molar-refractivity contribution in [2.75, 3.05) is 20.7 Å². The molecule has 0 bridgehead atoms. The molecule has 1 saturated heterocycles. The first-order valence-electron chi connectivity index (χ1n) is 4.77. The first-order chi connectivity index (χ1) is 7.12. The van der Waals surface area contributed by atoms with Crippen molar-refractivity contribution < 1.29 is 4.52 Å². The van der Waals surface area contributed by atoms with Crippen molar-refractivity contribution in [1.29, 1.82) is 0 Å². The molecule has 1 heterocycles. The summed E-state index contributed by atoms with van der Waals surface area (Å²) >= 11 is 7.35. The predicted octanol–water partition coefficient (Wildman–Crippen LogP) is 3.28. The van der Waals surface area contributed by atoms with E-state index in [0.29, 0.717) is 5.25 Å². The molecule has 0 aliphatic carbocycles. The molecular formula is C10H14NOPS2. The van der Waals surface area contributed by atoms with Crippen molar-refractivity contribution in [1.82, 2.24) is 4.67 Å². The molecular weight excluding hydrogens is 245 g/mol. The standard InChI is InChI=1S/C10H14NOPS2/c1-11(2)13(14)12-8-10(15-13)9-6-4-3-5-7-9/h3-7,10H,8H2,1-2H3/t10-,13+/m1/s1. The van der Waals surface area contributed by atoms with Crippen LogP contribution in [-0.2, 0) is 16.3 Å². The van der Waals surface area contributed by atoms with E-state index in [0.717, 1.165) is 6.61 Å². The Morgan fingerprint density at radius 1 is 1.40 bits per heavy atom. The van der Waals surface area contributed by atoms with Crippen LogP contribution in [0.4, 0.5) is 0 Å². The lowest BCUT2D eigenvalue weighted by molar-refractivity contribution is 0.348. The van der Waals surface area contributed by atoms with Crippen LogP contribution in [0.25, 0.3) is 0 Å². The molecule has 2 nitrogen and oxygen atoms in total. The van der Waals surface area contributed by atoms with Crippen LogP contribution in [0, 0.1) is 0 Å². The molecule has 2 rings (SSSR count). The highest BCUT2D eigenvalue weighted by Gasteiger charge is 2.35. The number of benzene rings is 1. The van der Waals surface area contributed by atoms with Crippen molar-refractivity contribution in [3.05, 3.63) is 35.9 Å². The number of hydrogen-bond acceptors (Lipinski definition) is 3. The topological polar surface area (TPSA) is 12.5 Å². The van der Waals surface area contributed by atoms with Crippen LogP contribution in [0.5, 0.6) is 0 Å². The van der Waals surface area contributed by atoms with Gasteiger partial charge in [0.1, 0.15) is 0 Å². The maximum Gasteiger partial charge on any atom is 0.188 e. The lowest BCUT2D eigenvalue weighted by Gasteiger charge is -2.21. The lowest BCUT2D eigenvalue weighted by atomic mass is 10.2. The summed E-state index contributed by atoms with van der Waals surface area (Å²) in [4.78, 5) is 0. The minimum absolute atomic E-state index is 0.402. The Morgan fingerprint density at radius 2 is 2.07 bits per heavy atom. The van der Waals surface area contributed by atoms with Crippen LogP contribution < -0.4 is 0 Å². The van der Waals surface area contributed by atoms with Gasteiger partial charge in [-0.1, -0.05) is 41.7 Å². The average Bonchev–Trinajstić information content (AvgIpc) is 2.64. The zero-order valence-corrected chi connectivity index (χ0v) is 11.3. The molecule has 5 heteroatoms. The zero-order valence-electron chi connectivity index (χ0n) is 8.79. The Balaban J connectivity index is 2.15. The molecule has 1 aliphatic rings. The first-order valence-corrected chi connectivity index (χ1v) is 8.93. The second-order valence-electron chi connectivity index (χ2n) is 3.62. The summed E-state index contributed by atoms with van der Waals surface area (Å²) in [6, 6.07) is 10.4. The maximum atomic E-state index is 5.78. The van der Waals surface area contributed by atoms with Crippen LogP contribution in [0.2, 0.25) is 0 Å². The summed E-state index contributed by atoms with van der Waals surface area (Å²) in [5.74, 6) is 0. The maximum absolute atomic E-state index is 5.78. The summed E-state index contributed by atoms with van der Waals surface area (Å²) in [6.07, 6.45) is 0. The molecule has 0 N–H and O–H groups in total. The largest absolute Gasteiger partial charge is 0.329 e. The van der Waals surface area contributed by atoms with Crippen molar-refractivity contribution in [2.24, 2.45) is 0 Å². The zero-order chi connectivity index (χ0) is 10.9. The summed E-state index contributed by atoms with van der Waals surface area (Å²) in [6.45, 7) is 0.740.